The summed E-state index contributed by atoms with van der Waals surface area (Å²) in [4.78, 5) is 7.84. The van der Waals surface area contributed by atoms with Gasteiger partial charge in [-0.1, -0.05) is 11.6 Å². The van der Waals surface area contributed by atoms with E-state index in [0.29, 0.717) is 21.8 Å². The van der Waals surface area contributed by atoms with Crippen LogP contribution in [-0.4, -0.2) is 9.97 Å². The summed E-state index contributed by atoms with van der Waals surface area (Å²) in [5.74, 6) is 0.0976. The molecular formula is C13H7ClF3N3O. The summed E-state index contributed by atoms with van der Waals surface area (Å²) in [6.45, 7) is 0. The van der Waals surface area contributed by atoms with E-state index in [-0.39, 0.29) is 11.6 Å². The van der Waals surface area contributed by atoms with Crippen molar-refractivity contribution in [2.24, 2.45) is 0 Å². The average Bonchev–Trinajstić information content (AvgIpc) is 2.81. The number of hydrogen-bond donors (Lipinski definition) is 1. The first-order chi connectivity index (χ1) is 9.84. The number of pyridine rings is 1. The van der Waals surface area contributed by atoms with Crippen LogP contribution < -0.4 is 5.73 Å². The van der Waals surface area contributed by atoms with E-state index in [1.54, 1.807) is 0 Å². The molecule has 0 amide bonds. The lowest BCUT2D eigenvalue weighted by Gasteiger charge is -2.05. The van der Waals surface area contributed by atoms with E-state index >= 15 is 0 Å². The molecule has 2 heterocycles. The SMILES string of the molecule is Nc1cc2oc(-c3ccc(C(F)(F)F)cn3)nc2cc1Cl. The highest BCUT2D eigenvalue weighted by Gasteiger charge is 2.30. The molecule has 1 aromatic carbocycles. The highest BCUT2D eigenvalue weighted by molar-refractivity contribution is 6.33. The molecule has 0 saturated heterocycles. The van der Waals surface area contributed by atoms with Gasteiger partial charge in [0.15, 0.2) is 5.58 Å². The lowest BCUT2D eigenvalue weighted by atomic mass is 10.2. The fourth-order valence-electron chi connectivity index (χ4n) is 1.76. The molecule has 3 aromatic rings. The lowest BCUT2D eigenvalue weighted by molar-refractivity contribution is -0.137. The van der Waals surface area contributed by atoms with Gasteiger partial charge in [0.1, 0.15) is 11.2 Å². The number of nitrogen functional groups attached to an aromatic ring is 1. The first-order valence-electron chi connectivity index (χ1n) is 5.74. The number of rotatable bonds is 1. The van der Waals surface area contributed by atoms with Gasteiger partial charge >= 0.3 is 6.18 Å². The standard InChI is InChI=1S/C13H7ClF3N3O/c14-7-3-10-11(4-8(7)18)21-12(20-10)9-2-1-6(5-19-9)13(15,16)17/h1-5H,18H2. The van der Waals surface area contributed by atoms with E-state index in [2.05, 4.69) is 9.97 Å². The molecule has 0 saturated carbocycles. The second-order valence-corrected chi connectivity index (χ2v) is 4.70. The van der Waals surface area contributed by atoms with E-state index in [1.165, 1.54) is 18.2 Å². The fourth-order valence-corrected chi connectivity index (χ4v) is 1.92. The number of nitrogens with zero attached hydrogens (tertiary/aromatic N) is 2. The zero-order valence-corrected chi connectivity index (χ0v) is 11.0. The third-order valence-electron chi connectivity index (χ3n) is 2.82. The molecule has 3 rings (SSSR count). The number of nitrogens with two attached hydrogens (primary N) is 1. The summed E-state index contributed by atoms with van der Waals surface area (Å²) in [7, 11) is 0. The molecule has 0 bridgehead atoms. The number of oxazole rings is 1. The number of halogens is 4. The second-order valence-electron chi connectivity index (χ2n) is 4.29. The smallest absolute Gasteiger partial charge is 0.417 e. The number of alkyl halides is 3. The van der Waals surface area contributed by atoms with E-state index in [0.717, 1.165) is 12.3 Å². The maximum atomic E-state index is 12.5. The van der Waals surface area contributed by atoms with Crippen LogP contribution >= 0.6 is 11.6 Å². The van der Waals surface area contributed by atoms with Crippen molar-refractivity contribution in [3.05, 3.63) is 41.0 Å². The van der Waals surface area contributed by atoms with Gasteiger partial charge in [-0.25, -0.2) is 4.98 Å². The summed E-state index contributed by atoms with van der Waals surface area (Å²) < 4.78 is 42.8. The van der Waals surface area contributed by atoms with Crippen LogP contribution in [-0.2, 0) is 6.18 Å². The van der Waals surface area contributed by atoms with Gasteiger partial charge in [-0.15, -0.1) is 0 Å². The average molecular weight is 314 g/mol. The van der Waals surface area contributed by atoms with Gasteiger partial charge in [0, 0.05) is 12.3 Å². The van der Waals surface area contributed by atoms with Crippen LogP contribution in [0.1, 0.15) is 5.56 Å². The van der Waals surface area contributed by atoms with Crippen molar-refractivity contribution in [3.8, 4) is 11.6 Å². The number of benzene rings is 1. The molecule has 0 atom stereocenters. The van der Waals surface area contributed by atoms with Crippen molar-refractivity contribution in [3.63, 3.8) is 0 Å². The third-order valence-corrected chi connectivity index (χ3v) is 3.14. The molecule has 2 N–H and O–H groups in total. The van der Waals surface area contributed by atoms with Crippen LogP contribution in [0.3, 0.4) is 0 Å². The normalized spacial score (nSPS) is 12.0. The van der Waals surface area contributed by atoms with Crippen molar-refractivity contribution in [2.45, 2.75) is 6.18 Å². The van der Waals surface area contributed by atoms with Crippen LogP contribution in [0.4, 0.5) is 18.9 Å². The number of hydrogen-bond acceptors (Lipinski definition) is 4. The zero-order valence-electron chi connectivity index (χ0n) is 10.3. The molecule has 0 aliphatic carbocycles. The quantitative estimate of drug-likeness (QED) is 0.686. The molecule has 4 nitrogen and oxygen atoms in total. The lowest BCUT2D eigenvalue weighted by Crippen LogP contribution is -2.05. The molecule has 0 radical (unpaired) electrons. The molecule has 108 valence electrons. The Morgan fingerprint density at radius 1 is 1.19 bits per heavy atom. The summed E-state index contributed by atoms with van der Waals surface area (Å²) in [6.07, 6.45) is -3.71. The Hall–Kier alpha value is -2.28. The van der Waals surface area contributed by atoms with Crippen LogP contribution in [0.25, 0.3) is 22.7 Å². The van der Waals surface area contributed by atoms with E-state index in [4.69, 9.17) is 21.8 Å². The third kappa shape index (κ3) is 2.52. The van der Waals surface area contributed by atoms with E-state index in [1.807, 2.05) is 0 Å². The van der Waals surface area contributed by atoms with Gasteiger partial charge in [0.25, 0.3) is 0 Å². The summed E-state index contributed by atoms with van der Waals surface area (Å²) in [5.41, 5.74) is 6.15. The van der Waals surface area contributed by atoms with Crippen molar-refractivity contribution in [1.29, 1.82) is 0 Å². The molecule has 0 spiro atoms. The zero-order chi connectivity index (χ0) is 15.2. The maximum Gasteiger partial charge on any atom is 0.417 e. The first-order valence-corrected chi connectivity index (χ1v) is 6.11. The van der Waals surface area contributed by atoms with Gasteiger partial charge in [-0.2, -0.15) is 13.2 Å². The Balaban J connectivity index is 2.04. The van der Waals surface area contributed by atoms with Crippen molar-refractivity contribution >= 4 is 28.4 Å². The highest BCUT2D eigenvalue weighted by atomic mass is 35.5. The summed E-state index contributed by atoms with van der Waals surface area (Å²) in [5, 5.41) is 0.322. The first kappa shape index (κ1) is 13.7. The number of fused-ring (bicyclic) bond motifs is 1. The van der Waals surface area contributed by atoms with Crippen molar-refractivity contribution in [2.75, 3.05) is 5.73 Å². The predicted molar refractivity (Wildman–Crippen MR) is 71.7 cm³/mol. The van der Waals surface area contributed by atoms with Gasteiger partial charge in [0.05, 0.1) is 16.3 Å². The summed E-state index contributed by atoms with van der Waals surface area (Å²) in [6, 6.07) is 5.12. The highest BCUT2D eigenvalue weighted by Crippen LogP contribution is 2.31. The van der Waals surface area contributed by atoms with Gasteiger partial charge in [0.2, 0.25) is 5.89 Å². The van der Waals surface area contributed by atoms with Crippen molar-refractivity contribution in [1.82, 2.24) is 9.97 Å². The molecule has 8 heteroatoms. The van der Waals surface area contributed by atoms with Crippen LogP contribution in [0.5, 0.6) is 0 Å². The van der Waals surface area contributed by atoms with E-state index in [9.17, 15) is 13.2 Å². The Morgan fingerprint density at radius 3 is 2.57 bits per heavy atom. The Bertz CT molecular complexity index is 773. The second kappa shape index (κ2) is 4.63. The monoisotopic (exact) mass is 313 g/mol. The molecule has 2 aromatic heterocycles. The maximum absolute atomic E-state index is 12.5. The molecule has 21 heavy (non-hydrogen) atoms. The minimum Gasteiger partial charge on any atom is -0.435 e. The van der Waals surface area contributed by atoms with Gasteiger partial charge < -0.3 is 10.2 Å². The van der Waals surface area contributed by atoms with Crippen molar-refractivity contribution < 1.29 is 17.6 Å². The minimum atomic E-state index is -4.44. The molecular weight excluding hydrogens is 307 g/mol. The van der Waals surface area contributed by atoms with Crippen LogP contribution in [0, 0.1) is 0 Å². The Morgan fingerprint density at radius 2 is 1.95 bits per heavy atom. The summed E-state index contributed by atoms with van der Waals surface area (Å²) >= 11 is 5.87. The van der Waals surface area contributed by atoms with E-state index < -0.39 is 11.7 Å². The molecule has 0 unspecified atom stereocenters. The molecule has 0 aliphatic rings. The predicted octanol–water partition coefficient (Wildman–Crippen LogP) is 4.14. The Kier molecular flexibility index (Phi) is 3.02. The van der Waals surface area contributed by atoms with Crippen LogP contribution in [0.15, 0.2) is 34.9 Å². The number of anilines is 1. The van der Waals surface area contributed by atoms with Gasteiger partial charge in [-0.05, 0) is 18.2 Å². The molecule has 0 fully saturated rings. The number of aromatic nitrogens is 2. The van der Waals surface area contributed by atoms with Gasteiger partial charge in [-0.3, -0.25) is 4.98 Å². The fraction of sp³-hybridized carbons (Fsp3) is 0.0769. The minimum absolute atomic E-state index is 0.0976. The molecule has 0 aliphatic heterocycles. The van der Waals surface area contributed by atoms with Crippen LogP contribution in [0.2, 0.25) is 5.02 Å². The Labute approximate surface area is 121 Å². The largest absolute Gasteiger partial charge is 0.435 e. The topological polar surface area (TPSA) is 64.9 Å².